The molecular weight excluding hydrogens is 231 g/mol. The van der Waals surface area contributed by atoms with Gasteiger partial charge >= 0.3 is 0 Å². The third-order valence-electron chi connectivity index (χ3n) is 2.70. The SMILES string of the molecule is COc1cc(-c2ccc(C#N)c(C)c2)c(F)cn1. The summed E-state index contributed by atoms with van der Waals surface area (Å²) in [7, 11) is 1.48. The zero-order valence-corrected chi connectivity index (χ0v) is 10.1. The minimum Gasteiger partial charge on any atom is -0.481 e. The lowest BCUT2D eigenvalue weighted by atomic mass is 10.0. The molecular formula is C14H11FN2O. The van der Waals surface area contributed by atoms with Gasteiger partial charge in [-0.1, -0.05) is 12.1 Å². The monoisotopic (exact) mass is 242 g/mol. The third kappa shape index (κ3) is 2.16. The van der Waals surface area contributed by atoms with E-state index < -0.39 is 5.82 Å². The van der Waals surface area contributed by atoms with Gasteiger partial charge in [-0.2, -0.15) is 5.26 Å². The highest BCUT2D eigenvalue weighted by Crippen LogP contribution is 2.27. The highest BCUT2D eigenvalue weighted by atomic mass is 19.1. The standard InChI is InChI=1S/C14H11FN2O/c1-9-5-10(3-4-11(9)7-16)12-6-14(18-2)17-8-13(12)15/h3-6,8H,1-2H3. The van der Waals surface area contributed by atoms with Crippen LogP contribution in [0.4, 0.5) is 4.39 Å². The Balaban J connectivity index is 2.55. The van der Waals surface area contributed by atoms with E-state index >= 15 is 0 Å². The molecule has 0 saturated carbocycles. The molecule has 0 spiro atoms. The molecule has 0 atom stereocenters. The molecule has 4 heteroatoms. The number of ether oxygens (including phenoxy) is 1. The van der Waals surface area contributed by atoms with Crippen molar-refractivity contribution < 1.29 is 9.13 Å². The van der Waals surface area contributed by atoms with Crippen molar-refractivity contribution in [1.82, 2.24) is 4.98 Å². The second-order valence-corrected chi connectivity index (χ2v) is 3.85. The Hall–Kier alpha value is -2.41. The summed E-state index contributed by atoms with van der Waals surface area (Å²) in [6.45, 7) is 1.82. The molecule has 2 rings (SSSR count). The number of aromatic nitrogens is 1. The number of aryl methyl sites for hydroxylation is 1. The first-order valence-corrected chi connectivity index (χ1v) is 5.36. The maximum absolute atomic E-state index is 13.7. The number of hydrogen-bond donors (Lipinski definition) is 0. The molecule has 0 radical (unpaired) electrons. The zero-order valence-electron chi connectivity index (χ0n) is 10.1. The molecule has 90 valence electrons. The highest BCUT2D eigenvalue weighted by Gasteiger charge is 2.09. The fraction of sp³-hybridized carbons (Fsp3) is 0.143. The molecule has 1 aromatic heterocycles. The number of hydrogen-bond acceptors (Lipinski definition) is 3. The van der Waals surface area contributed by atoms with Crippen molar-refractivity contribution in [2.45, 2.75) is 6.92 Å². The van der Waals surface area contributed by atoms with Crippen LogP contribution in [0.5, 0.6) is 5.88 Å². The maximum atomic E-state index is 13.7. The average molecular weight is 242 g/mol. The lowest BCUT2D eigenvalue weighted by Crippen LogP contribution is -1.92. The van der Waals surface area contributed by atoms with Gasteiger partial charge in [0.05, 0.1) is 24.9 Å². The molecule has 0 unspecified atom stereocenters. The van der Waals surface area contributed by atoms with E-state index in [9.17, 15) is 4.39 Å². The number of benzene rings is 1. The molecule has 1 aromatic carbocycles. The van der Waals surface area contributed by atoms with E-state index in [1.54, 1.807) is 18.2 Å². The first kappa shape index (κ1) is 12.1. The molecule has 1 heterocycles. The molecule has 3 nitrogen and oxygen atoms in total. The van der Waals surface area contributed by atoms with Gasteiger partial charge in [-0.25, -0.2) is 9.37 Å². The predicted octanol–water partition coefficient (Wildman–Crippen LogP) is 3.08. The van der Waals surface area contributed by atoms with Gasteiger partial charge in [0.15, 0.2) is 0 Å². The first-order chi connectivity index (χ1) is 8.65. The fourth-order valence-corrected chi connectivity index (χ4v) is 1.71. The number of pyridine rings is 1. The molecule has 0 aliphatic carbocycles. The molecule has 0 amide bonds. The van der Waals surface area contributed by atoms with Crippen LogP contribution >= 0.6 is 0 Å². The molecule has 0 aliphatic rings. The molecule has 2 aromatic rings. The fourth-order valence-electron chi connectivity index (χ4n) is 1.71. The van der Waals surface area contributed by atoms with E-state index in [0.29, 0.717) is 22.6 Å². The summed E-state index contributed by atoms with van der Waals surface area (Å²) in [6.07, 6.45) is 1.13. The van der Waals surface area contributed by atoms with E-state index in [2.05, 4.69) is 11.1 Å². The van der Waals surface area contributed by atoms with E-state index in [4.69, 9.17) is 10.00 Å². The van der Waals surface area contributed by atoms with Gasteiger partial charge < -0.3 is 4.74 Å². The van der Waals surface area contributed by atoms with Gasteiger partial charge in [-0.3, -0.25) is 0 Å². The van der Waals surface area contributed by atoms with Crippen LogP contribution in [-0.2, 0) is 0 Å². The van der Waals surface area contributed by atoms with Crippen molar-refractivity contribution in [1.29, 1.82) is 5.26 Å². The number of methoxy groups -OCH3 is 1. The van der Waals surface area contributed by atoms with Crippen molar-refractivity contribution in [3.63, 3.8) is 0 Å². The summed E-state index contributed by atoms with van der Waals surface area (Å²) in [6, 6.07) is 8.78. The second-order valence-electron chi connectivity index (χ2n) is 3.85. The Morgan fingerprint density at radius 3 is 2.72 bits per heavy atom. The Kier molecular flexibility index (Phi) is 3.24. The van der Waals surface area contributed by atoms with Gasteiger partial charge in [-0.05, 0) is 24.1 Å². The highest BCUT2D eigenvalue weighted by molar-refractivity contribution is 5.67. The minimum absolute atomic E-state index is 0.355. The molecule has 0 saturated heterocycles. The van der Waals surface area contributed by atoms with E-state index in [1.807, 2.05) is 6.92 Å². The van der Waals surface area contributed by atoms with Gasteiger partial charge in [0.1, 0.15) is 5.82 Å². The normalized spacial score (nSPS) is 9.89. The summed E-state index contributed by atoms with van der Waals surface area (Å²) in [5, 5.41) is 8.86. The lowest BCUT2D eigenvalue weighted by Gasteiger charge is -2.07. The maximum Gasteiger partial charge on any atom is 0.213 e. The smallest absolute Gasteiger partial charge is 0.213 e. The summed E-state index contributed by atoms with van der Waals surface area (Å²) < 4.78 is 18.7. The van der Waals surface area contributed by atoms with Gasteiger partial charge in [-0.15, -0.1) is 0 Å². The Morgan fingerprint density at radius 2 is 2.11 bits per heavy atom. The first-order valence-electron chi connectivity index (χ1n) is 5.36. The second kappa shape index (κ2) is 4.84. The van der Waals surface area contributed by atoms with Crippen LogP contribution in [0.15, 0.2) is 30.5 Å². The van der Waals surface area contributed by atoms with Crippen LogP contribution in [-0.4, -0.2) is 12.1 Å². The van der Waals surface area contributed by atoms with E-state index in [-0.39, 0.29) is 0 Å². The Labute approximate surface area is 104 Å². The quantitative estimate of drug-likeness (QED) is 0.813. The summed E-state index contributed by atoms with van der Waals surface area (Å²) in [4.78, 5) is 3.79. The largest absolute Gasteiger partial charge is 0.481 e. The predicted molar refractivity (Wildman–Crippen MR) is 65.6 cm³/mol. The number of halogens is 1. The summed E-state index contributed by atoms with van der Waals surface area (Å²) in [5.41, 5.74) is 2.50. The molecule has 0 bridgehead atoms. The van der Waals surface area contributed by atoms with E-state index in [0.717, 1.165) is 11.8 Å². The topological polar surface area (TPSA) is 45.9 Å². The zero-order chi connectivity index (χ0) is 13.1. The number of nitriles is 1. The molecule has 0 aliphatic heterocycles. The molecule has 0 fully saturated rings. The van der Waals surface area contributed by atoms with Crippen LogP contribution in [0.25, 0.3) is 11.1 Å². The van der Waals surface area contributed by atoms with Crippen molar-refractivity contribution in [3.05, 3.63) is 47.4 Å². The van der Waals surface area contributed by atoms with Crippen molar-refractivity contribution in [2.75, 3.05) is 7.11 Å². The van der Waals surface area contributed by atoms with Crippen molar-refractivity contribution >= 4 is 0 Å². The summed E-state index contributed by atoms with van der Waals surface area (Å²) in [5.74, 6) is -0.0617. The minimum atomic E-state index is -0.417. The van der Waals surface area contributed by atoms with Gasteiger partial charge in [0, 0.05) is 11.6 Å². The average Bonchev–Trinajstić information content (AvgIpc) is 2.39. The Morgan fingerprint density at radius 1 is 1.33 bits per heavy atom. The Bertz CT molecular complexity index is 632. The lowest BCUT2D eigenvalue weighted by molar-refractivity contribution is 0.396. The van der Waals surface area contributed by atoms with Crippen molar-refractivity contribution in [2.24, 2.45) is 0 Å². The van der Waals surface area contributed by atoms with Crippen molar-refractivity contribution in [3.8, 4) is 23.1 Å². The number of rotatable bonds is 2. The third-order valence-corrected chi connectivity index (χ3v) is 2.70. The number of nitrogens with zero attached hydrogens (tertiary/aromatic N) is 2. The van der Waals surface area contributed by atoms with Crippen LogP contribution < -0.4 is 4.74 Å². The van der Waals surface area contributed by atoms with Crippen LogP contribution in [0.3, 0.4) is 0 Å². The molecule has 18 heavy (non-hydrogen) atoms. The van der Waals surface area contributed by atoms with Gasteiger partial charge in [0.2, 0.25) is 5.88 Å². The molecule has 0 N–H and O–H groups in total. The van der Waals surface area contributed by atoms with Gasteiger partial charge in [0.25, 0.3) is 0 Å². The van der Waals surface area contributed by atoms with Crippen LogP contribution in [0, 0.1) is 24.1 Å². The summed E-state index contributed by atoms with van der Waals surface area (Å²) >= 11 is 0. The van der Waals surface area contributed by atoms with Crippen LogP contribution in [0.1, 0.15) is 11.1 Å². The van der Waals surface area contributed by atoms with Crippen LogP contribution in [0.2, 0.25) is 0 Å². The van der Waals surface area contributed by atoms with E-state index in [1.165, 1.54) is 13.2 Å².